The molecule has 0 unspecified atom stereocenters. The van der Waals surface area contributed by atoms with Gasteiger partial charge in [0.15, 0.2) is 0 Å². The highest BCUT2D eigenvalue weighted by atomic mass is 32.2. The number of carboxylic acid groups (broad SMARTS) is 1. The van der Waals surface area contributed by atoms with Crippen molar-refractivity contribution >= 4 is 21.7 Å². The second kappa shape index (κ2) is 9.92. The molecular weight excluding hydrogens is 352 g/mol. The second-order valence-corrected chi connectivity index (χ2v) is 8.67. The largest absolute Gasteiger partial charge is 0.478 e. The predicted octanol–water partition coefficient (Wildman–Crippen LogP) is 3.99. The van der Waals surface area contributed by atoms with Crippen molar-refractivity contribution < 1.29 is 18.3 Å². The van der Waals surface area contributed by atoms with Crippen LogP contribution < -0.4 is 10.0 Å². The van der Waals surface area contributed by atoms with Crippen molar-refractivity contribution in [1.29, 1.82) is 0 Å². The molecule has 0 spiro atoms. The topological polar surface area (TPSA) is 95.5 Å². The van der Waals surface area contributed by atoms with Gasteiger partial charge in [-0.15, -0.1) is 0 Å². The van der Waals surface area contributed by atoms with Crippen LogP contribution in [0.25, 0.3) is 0 Å². The summed E-state index contributed by atoms with van der Waals surface area (Å²) in [4.78, 5) is 11.6. The first kappa shape index (κ1) is 20.7. The molecule has 0 aliphatic heterocycles. The minimum atomic E-state index is -3.72. The van der Waals surface area contributed by atoms with E-state index >= 15 is 0 Å². The van der Waals surface area contributed by atoms with Gasteiger partial charge in [0.05, 0.1) is 10.5 Å². The van der Waals surface area contributed by atoms with Crippen LogP contribution in [0.15, 0.2) is 23.1 Å². The van der Waals surface area contributed by atoms with Crippen LogP contribution in [0.3, 0.4) is 0 Å². The summed E-state index contributed by atoms with van der Waals surface area (Å²) in [6, 6.07) is 4.22. The monoisotopic (exact) mass is 382 g/mol. The fraction of sp³-hybridized carbons (Fsp3) is 0.632. The van der Waals surface area contributed by atoms with Crippen LogP contribution >= 0.6 is 0 Å². The van der Waals surface area contributed by atoms with E-state index in [1.165, 1.54) is 12.1 Å². The molecule has 1 aromatic rings. The van der Waals surface area contributed by atoms with Gasteiger partial charge in [0.2, 0.25) is 10.0 Å². The Kier molecular flexibility index (Phi) is 7.90. The van der Waals surface area contributed by atoms with Crippen molar-refractivity contribution in [2.75, 3.05) is 11.9 Å². The minimum Gasteiger partial charge on any atom is -0.478 e. The number of sulfonamides is 1. The number of carbonyl (C=O) groups is 1. The molecule has 2 rings (SSSR count). The molecule has 1 saturated carbocycles. The van der Waals surface area contributed by atoms with Gasteiger partial charge < -0.3 is 10.4 Å². The summed E-state index contributed by atoms with van der Waals surface area (Å²) in [5, 5.41) is 12.6. The first-order valence-electron chi connectivity index (χ1n) is 9.57. The van der Waals surface area contributed by atoms with E-state index in [4.69, 9.17) is 0 Å². The van der Waals surface area contributed by atoms with E-state index in [0.717, 1.165) is 57.8 Å². The maximum atomic E-state index is 12.7. The highest BCUT2D eigenvalue weighted by Gasteiger charge is 2.23. The van der Waals surface area contributed by atoms with E-state index in [1.807, 2.05) is 0 Å². The Labute approximate surface area is 156 Å². The molecule has 6 nitrogen and oxygen atoms in total. The standard InChI is InChI=1S/C19H30N2O4S/c1-2-3-8-13-20-18-12-11-16(14-17(18)19(22)23)26(24,25)21-15-9-6-4-5-7-10-15/h11-12,14-15,20-21H,2-10,13H2,1H3,(H,22,23). The SMILES string of the molecule is CCCCCNc1ccc(S(=O)(=O)NC2CCCCCC2)cc1C(=O)O. The quantitative estimate of drug-likeness (QED) is 0.443. The first-order chi connectivity index (χ1) is 12.4. The number of anilines is 1. The van der Waals surface area contributed by atoms with Gasteiger partial charge in [-0.3, -0.25) is 0 Å². The van der Waals surface area contributed by atoms with E-state index < -0.39 is 16.0 Å². The van der Waals surface area contributed by atoms with Crippen molar-refractivity contribution in [1.82, 2.24) is 4.72 Å². The first-order valence-corrected chi connectivity index (χ1v) is 11.1. The zero-order valence-electron chi connectivity index (χ0n) is 15.5. The molecule has 0 amide bonds. The molecule has 1 aromatic carbocycles. The van der Waals surface area contributed by atoms with Crippen LogP contribution in [0.2, 0.25) is 0 Å². The lowest BCUT2D eigenvalue weighted by Crippen LogP contribution is -2.34. The molecule has 146 valence electrons. The molecule has 0 saturated heterocycles. The van der Waals surface area contributed by atoms with Crippen LogP contribution in [0.5, 0.6) is 0 Å². The molecular formula is C19H30N2O4S. The minimum absolute atomic E-state index is 0.00904. The fourth-order valence-electron chi connectivity index (χ4n) is 3.30. The summed E-state index contributed by atoms with van der Waals surface area (Å²) >= 11 is 0. The summed E-state index contributed by atoms with van der Waals surface area (Å²) in [7, 11) is -3.72. The van der Waals surface area contributed by atoms with E-state index in [1.54, 1.807) is 6.07 Å². The van der Waals surface area contributed by atoms with E-state index in [-0.39, 0.29) is 16.5 Å². The van der Waals surface area contributed by atoms with E-state index in [2.05, 4.69) is 17.0 Å². The predicted molar refractivity (Wildman–Crippen MR) is 103 cm³/mol. The van der Waals surface area contributed by atoms with Crippen molar-refractivity contribution in [3.8, 4) is 0 Å². The van der Waals surface area contributed by atoms with Crippen molar-refractivity contribution in [3.63, 3.8) is 0 Å². The van der Waals surface area contributed by atoms with Gasteiger partial charge >= 0.3 is 5.97 Å². The molecule has 0 radical (unpaired) electrons. The molecule has 0 bridgehead atoms. The number of nitrogens with one attached hydrogen (secondary N) is 2. The zero-order valence-corrected chi connectivity index (χ0v) is 16.3. The smallest absolute Gasteiger partial charge is 0.337 e. The molecule has 1 fully saturated rings. The summed E-state index contributed by atoms with van der Waals surface area (Å²) in [6.07, 6.45) is 9.08. The number of aromatic carboxylic acids is 1. The number of hydrogen-bond donors (Lipinski definition) is 3. The third-order valence-electron chi connectivity index (χ3n) is 4.80. The Balaban J connectivity index is 2.14. The Bertz CT molecular complexity index is 695. The third-order valence-corrected chi connectivity index (χ3v) is 6.32. The second-order valence-electron chi connectivity index (χ2n) is 6.96. The van der Waals surface area contributed by atoms with Gasteiger partial charge in [-0.05, 0) is 37.5 Å². The van der Waals surface area contributed by atoms with Crippen molar-refractivity contribution in [2.24, 2.45) is 0 Å². The maximum absolute atomic E-state index is 12.7. The van der Waals surface area contributed by atoms with Gasteiger partial charge in [-0.2, -0.15) is 0 Å². The van der Waals surface area contributed by atoms with Gasteiger partial charge in [-0.25, -0.2) is 17.9 Å². The highest BCUT2D eigenvalue weighted by Crippen LogP contribution is 2.23. The van der Waals surface area contributed by atoms with Crippen LogP contribution in [-0.4, -0.2) is 32.1 Å². The Morgan fingerprint density at radius 3 is 2.46 bits per heavy atom. The number of unbranched alkanes of at least 4 members (excludes halogenated alkanes) is 2. The summed E-state index contributed by atoms with van der Waals surface area (Å²) in [5.41, 5.74) is 0.451. The fourth-order valence-corrected chi connectivity index (χ4v) is 4.64. The van der Waals surface area contributed by atoms with Gasteiger partial charge in [0, 0.05) is 18.3 Å². The van der Waals surface area contributed by atoms with Gasteiger partial charge in [0.25, 0.3) is 0 Å². The van der Waals surface area contributed by atoms with Crippen LogP contribution in [-0.2, 0) is 10.0 Å². The van der Waals surface area contributed by atoms with Crippen LogP contribution in [0.4, 0.5) is 5.69 Å². The molecule has 1 aliphatic rings. The van der Waals surface area contributed by atoms with Crippen molar-refractivity contribution in [3.05, 3.63) is 23.8 Å². The Hall–Kier alpha value is -1.60. The van der Waals surface area contributed by atoms with Gasteiger partial charge in [0.1, 0.15) is 0 Å². The lowest BCUT2D eigenvalue weighted by molar-refractivity contribution is 0.0697. The molecule has 0 atom stereocenters. The summed E-state index contributed by atoms with van der Waals surface area (Å²) < 4.78 is 28.1. The van der Waals surface area contributed by atoms with Crippen LogP contribution in [0.1, 0.15) is 75.1 Å². The number of rotatable bonds is 9. The molecule has 1 aliphatic carbocycles. The number of benzene rings is 1. The van der Waals surface area contributed by atoms with E-state index in [0.29, 0.717) is 12.2 Å². The molecule has 0 heterocycles. The van der Waals surface area contributed by atoms with E-state index in [9.17, 15) is 18.3 Å². The van der Waals surface area contributed by atoms with Crippen molar-refractivity contribution in [2.45, 2.75) is 75.6 Å². The summed E-state index contributed by atoms with van der Waals surface area (Å²) in [5.74, 6) is -1.13. The molecule has 3 N–H and O–H groups in total. The normalized spacial score (nSPS) is 16.2. The highest BCUT2D eigenvalue weighted by molar-refractivity contribution is 7.89. The Morgan fingerprint density at radius 1 is 1.15 bits per heavy atom. The Morgan fingerprint density at radius 2 is 1.85 bits per heavy atom. The summed E-state index contributed by atoms with van der Waals surface area (Å²) in [6.45, 7) is 2.77. The molecule has 0 aromatic heterocycles. The lowest BCUT2D eigenvalue weighted by atomic mass is 10.1. The average molecular weight is 383 g/mol. The average Bonchev–Trinajstić information content (AvgIpc) is 2.86. The molecule has 7 heteroatoms. The lowest BCUT2D eigenvalue weighted by Gasteiger charge is -2.17. The third kappa shape index (κ3) is 5.99. The zero-order chi connectivity index (χ0) is 19.0. The number of hydrogen-bond acceptors (Lipinski definition) is 4. The van der Waals surface area contributed by atoms with Gasteiger partial charge in [-0.1, -0.05) is 45.4 Å². The molecule has 26 heavy (non-hydrogen) atoms. The maximum Gasteiger partial charge on any atom is 0.337 e. The number of carboxylic acids is 1. The van der Waals surface area contributed by atoms with Crippen LogP contribution in [0, 0.1) is 0 Å².